The highest BCUT2D eigenvalue weighted by molar-refractivity contribution is 5.17. The molecule has 4 heteroatoms. The van der Waals surface area contributed by atoms with E-state index in [0.29, 0.717) is 19.8 Å². The van der Waals surface area contributed by atoms with Gasteiger partial charge in [-0.2, -0.15) is 0 Å². The third-order valence-corrected chi connectivity index (χ3v) is 2.77. The fourth-order valence-electron chi connectivity index (χ4n) is 1.92. The second-order valence-corrected chi connectivity index (χ2v) is 4.48. The minimum atomic E-state index is -0.218. The lowest BCUT2D eigenvalue weighted by Crippen LogP contribution is -2.37. The van der Waals surface area contributed by atoms with Crippen molar-refractivity contribution in [1.29, 1.82) is 0 Å². The molecule has 0 bridgehead atoms. The van der Waals surface area contributed by atoms with E-state index in [2.05, 4.69) is 12.2 Å². The minimum Gasteiger partial charge on any atom is -0.352 e. The lowest BCUT2D eigenvalue weighted by molar-refractivity contribution is -0.133. The third kappa shape index (κ3) is 6.66. The van der Waals surface area contributed by atoms with Crippen LogP contribution in [0.2, 0.25) is 0 Å². The highest BCUT2D eigenvalue weighted by Gasteiger charge is 2.10. The van der Waals surface area contributed by atoms with Gasteiger partial charge in [0.1, 0.15) is 5.82 Å². The van der Waals surface area contributed by atoms with Crippen molar-refractivity contribution in [1.82, 2.24) is 5.32 Å². The van der Waals surface area contributed by atoms with Crippen LogP contribution in [0, 0.1) is 5.82 Å². The molecular weight excluding hydrogens is 245 g/mol. The van der Waals surface area contributed by atoms with Crippen molar-refractivity contribution in [3.05, 3.63) is 35.6 Å². The van der Waals surface area contributed by atoms with Crippen LogP contribution in [0.3, 0.4) is 0 Å². The predicted molar refractivity (Wildman–Crippen MR) is 74.6 cm³/mol. The number of benzene rings is 1. The van der Waals surface area contributed by atoms with Gasteiger partial charge in [-0.05, 0) is 44.9 Å². The molecule has 0 radical (unpaired) electrons. The number of hydrogen-bond acceptors (Lipinski definition) is 3. The van der Waals surface area contributed by atoms with Gasteiger partial charge in [-0.25, -0.2) is 4.39 Å². The summed E-state index contributed by atoms with van der Waals surface area (Å²) >= 11 is 0. The van der Waals surface area contributed by atoms with Crippen LogP contribution in [0.25, 0.3) is 0 Å². The molecule has 0 saturated carbocycles. The maximum Gasteiger partial charge on any atom is 0.169 e. The summed E-state index contributed by atoms with van der Waals surface area (Å²) < 4.78 is 24.0. The van der Waals surface area contributed by atoms with E-state index in [1.807, 2.05) is 19.9 Å². The largest absolute Gasteiger partial charge is 0.352 e. The lowest BCUT2D eigenvalue weighted by atomic mass is 10.1. The number of halogens is 1. The van der Waals surface area contributed by atoms with Crippen molar-refractivity contribution in [2.45, 2.75) is 39.5 Å². The van der Waals surface area contributed by atoms with Gasteiger partial charge in [0.25, 0.3) is 0 Å². The molecule has 1 aromatic rings. The highest BCUT2D eigenvalue weighted by atomic mass is 19.1. The summed E-state index contributed by atoms with van der Waals surface area (Å²) in [5.74, 6) is -0.189. The van der Waals surface area contributed by atoms with Gasteiger partial charge in [-0.1, -0.05) is 12.1 Å². The quantitative estimate of drug-likeness (QED) is 0.699. The van der Waals surface area contributed by atoms with Crippen LogP contribution in [0.4, 0.5) is 4.39 Å². The Hall–Kier alpha value is -0.970. The lowest BCUT2D eigenvalue weighted by Gasteiger charge is -2.20. The zero-order valence-corrected chi connectivity index (χ0v) is 12.0. The molecule has 0 saturated heterocycles. The predicted octanol–water partition coefficient (Wildman–Crippen LogP) is 2.75. The molecule has 108 valence electrons. The summed E-state index contributed by atoms with van der Waals surface area (Å²) in [5, 5.41) is 3.35. The Bertz CT molecular complexity index is 354. The average molecular weight is 269 g/mol. The molecule has 0 amide bonds. The third-order valence-electron chi connectivity index (χ3n) is 2.77. The van der Waals surface area contributed by atoms with Gasteiger partial charge < -0.3 is 14.8 Å². The maximum atomic E-state index is 13.1. The second kappa shape index (κ2) is 9.02. The average Bonchev–Trinajstić information content (AvgIpc) is 2.36. The molecule has 3 nitrogen and oxygen atoms in total. The van der Waals surface area contributed by atoms with E-state index in [-0.39, 0.29) is 18.1 Å². The van der Waals surface area contributed by atoms with Crippen molar-refractivity contribution in [2.24, 2.45) is 0 Å². The number of nitrogens with one attached hydrogen (secondary N) is 1. The molecule has 0 aliphatic rings. The molecule has 0 spiro atoms. The van der Waals surface area contributed by atoms with Crippen LogP contribution in [-0.2, 0) is 15.9 Å². The Morgan fingerprint density at radius 2 is 1.89 bits per heavy atom. The monoisotopic (exact) mass is 269 g/mol. The fourth-order valence-corrected chi connectivity index (χ4v) is 1.92. The number of rotatable bonds is 9. The smallest absolute Gasteiger partial charge is 0.169 e. The van der Waals surface area contributed by atoms with Gasteiger partial charge in [0, 0.05) is 25.8 Å². The molecule has 1 atom stereocenters. The molecule has 1 rings (SSSR count). The van der Waals surface area contributed by atoms with E-state index >= 15 is 0 Å². The molecule has 0 aromatic heterocycles. The van der Waals surface area contributed by atoms with Gasteiger partial charge in [-0.3, -0.25) is 0 Å². The van der Waals surface area contributed by atoms with Crippen molar-refractivity contribution < 1.29 is 13.9 Å². The van der Waals surface area contributed by atoms with Gasteiger partial charge in [0.15, 0.2) is 6.29 Å². The second-order valence-electron chi connectivity index (χ2n) is 4.48. The van der Waals surface area contributed by atoms with Crippen LogP contribution < -0.4 is 5.32 Å². The van der Waals surface area contributed by atoms with Crippen molar-refractivity contribution in [3.63, 3.8) is 0 Å². The van der Waals surface area contributed by atoms with Gasteiger partial charge in [0.05, 0.1) is 0 Å². The summed E-state index contributed by atoms with van der Waals surface area (Å²) in [6.45, 7) is 7.86. The molecule has 1 unspecified atom stereocenters. The Morgan fingerprint density at radius 3 is 2.47 bits per heavy atom. The summed E-state index contributed by atoms with van der Waals surface area (Å²) in [6.07, 6.45) is 0.563. The van der Waals surface area contributed by atoms with E-state index in [1.165, 1.54) is 6.07 Å². The van der Waals surface area contributed by atoms with Gasteiger partial charge in [0.2, 0.25) is 0 Å². The van der Waals surface area contributed by atoms with Crippen LogP contribution in [-0.4, -0.2) is 32.1 Å². The summed E-state index contributed by atoms with van der Waals surface area (Å²) in [7, 11) is 0. The van der Waals surface area contributed by atoms with E-state index in [1.54, 1.807) is 12.1 Å². The highest BCUT2D eigenvalue weighted by Crippen LogP contribution is 2.06. The molecule has 0 fully saturated rings. The summed E-state index contributed by atoms with van der Waals surface area (Å²) in [6, 6.07) is 6.94. The first kappa shape index (κ1) is 16.1. The first-order valence-corrected chi connectivity index (χ1v) is 6.86. The van der Waals surface area contributed by atoms with Crippen LogP contribution >= 0.6 is 0 Å². The maximum absolute atomic E-state index is 13.1. The fraction of sp³-hybridized carbons (Fsp3) is 0.600. The molecule has 0 aliphatic carbocycles. The van der Waals surface area contributed by atoms with Crippen molar-refractivity contribution >= 4 is 0 Å². The Kier molecular flexibility index (Phi) is 7.63. The zero-order chi connectivity index (χ0) is 14.1. The van der Waals surface area contributed by atoms with Crippen LogP contribution in [0.15, 0.2) is 24.3 Å². The Morgan fingerprint density at radius 1 is 1.21 bits per heavy atom. The molecule has 1 N–H and O–H groups in total. The molecule has 0 heterocycles. The van der Waals surface area contributed by atoms with Gasteiger partial charge >= 0.3 is 0 Å². The Balaban J connectivity index is 2.35. The number of hydrogen-bond donors (Lipinski definition) is 1. The van der Waals surface area contributed by atoms with Crippen molar-refractivity contribution in [2.75, 3.05) is 19.8 Å². The molecule has 1 aromatic carbocycles. The van der Waals surface area contributed by atoms with E-state index < -0.39 is 0 Å². The van der Waals surface area contributed by atoms with Crippen molar-refractivity contribution in [3.8, 4) is 0 Å². The summed E-state index contributed by atoms with van der Waals surface area (Å²) in [4.78, 5) is 0. The van der Waals surface area contributed by atoms with Gasteiger partial charge in [-0.15, -0.1) is 0 Å². The SMILES string of the molecule is CCOC(CNC(C)Cc1cccc(F)c1)OCC. The van der Waals surface area contributed by atoms with E-state index in [9.17, 15) is 4.39 Å². The first-order chi connectivity index (χ1) is 9.15. The standard InChI is InChI=1S/C15H24FNO2/c1-4-18-15(19-5-2)11-17-12(3)9-13-7-6-8-14(16)10-13/h6-8,10,12,15,17H,4-5,9,11H2,1-3H3. The van der Waals surface area contributed by atoms with Crippen LogP contribution in [0.1, 0.15) is 26.3 Å². The first-order valence-electron chi connectivity index (χ1n) is 6.86. The van der Waals surface area contributed by atoms with Crippen LogP contribution in [0.5, 0.6) is 0 Å². The molecule has 0 aliphatic heterocycles. The topological polar surface area (TPSA) is 30.5 Å². The zero-order valence-electron chi connectivity index (χ0n) is 12.0. The molecular formula is C15H24FNO2. The Labute approximate surface area is 115 Å². The normalized spacial score (nSPS) is 12.9. The van der Waals surface area contributed by atoms with E-state index in [4.69, 9.17) is 9.47 Å². The molecule has 19 heavy (non-hydrogen) atoms. The summed E-state index contributed by atoms with van der Waals surface area (Å²) in [5.41, 5.74) is 0.990. The number of ether oxygens (including phenoxy) is 2. The van der Waals surface area contributed by atoms with E-state index in [0.717, 1.165) is 12.0 Å². The minimum absolute atomic E-state index is 0.189.